The van der Waals surface area contributed by atoms with Crippen molar-refractivity contribution in [1.29, 1.82) is 0 Å². The largest absolute Gasteiger partial charge is 0.480 e. The molecule has 138 valence electrons. The van der Waals surface area contributed by atoms with Crippen LogP contribution in [0.15, 0.2) is 36.4 Å². The van der Waals surface area contributed by atoms with Gasteiger partial charge < -0.3 is 21.1 Å². The highest BCUT2D eigenvalue weighted by Gasteiger charge is 2.13. The second kappa shape index (κ2) is 9.15. The zero-order valence-corrected chi connectivity index (χ0v) is 14.7. The Hall–Kier alpha value is -2.67. The summed E-state index contributed by atoms with van der Waals surface area (Å²) in [6.45, 7) is 2.82. The molecule has 4 N–H and O–H groups in total. The molecule has 7 heteroatoms. The number of aromatic nitrogens is 2. The summed E-state index contributed by atoms with van der Waals surface area (Å²) in [5, 5.41) is 18.4. The van der Waals surface area contributed by atoms with Crippen molar-refractivity contribution in [2.75, 3.05) is 36.8 Å². The first-order valence-corrected chi connectivity index (χ1v) is 9.05. The topological polar surface area (TPSA) is 99.2 Å². The summed E-state index contributed by atoms with van der Waals surface area (Å²) in [5.74, 6) is 0.821. The van der Waals surface area contributed by atoms with E-state index in [-0.39, 0.29) is 6.54 Å². The Bertz CT molecular complexity index is 717. The van der Waals surface area contributed by atoms with Crippen LogP contribution in [0.25, 0.3) is 11.3 Å². The number of hydrogen-bond donors (Lipinski definition) is 4. The molecule has 0 bridgehead atoms. The van der Waals surface area contributed by atoms with Crippen LogP contribution in [0.1, 0.15) is 19.3 Å². The van der Waals surface area contributed by atoms with E-state index >= 15 is 0 Å². The molecule has 1 aromatic carbocycles. The van der Waals surface area contributed by atoms with E-state index in [2.05, 4.69) is 25.9 Å². The quantitative estimate of drug-likeness (QED) is 0.577. The van der Waals surface area contributed by atoms with Gasteiger partial charge in [0, 0.05) is 18.2 Å². The summed E-state index contributed by atoms with van der Waals surface area (Å²) in [6, 6.07) is 11.7. The molecule has 1 aliphatic heterocycles. The third kappa shape index (κ3) is 5.42. The van der Waals surface area contributed by atoms with E-state index in [9.17, 15) is 4.79 Å². The lowest BCUT2D eigenvalue weighted by atomic mass is 9.95. The lowest BCUT2D eigenvalue weighted by Gasteiger charge is -2.22. The van der Waals surface area contributed by atoms with Crippen LogP contribution in [0.5, 0.6) is 0 Å². The van der Waals surface area contributed by atoms with E-state index in [1.165, 1.54) is 12.8 Å². The Morgan fingerprint density at radius 2 is 1.92 bits per heavy atom. The van der Waals surface area contributed by atoms with Crippen molar-refractivity contribution in [2.24, 2.45) is 5.92 Å². The Morgan fingerprint density at radius 1 is 1.15 bits per heavy atom. The molecule has 2 heterocycles. The zero-order valence-electron chi connectivity index (χ0n) is 14.7. The van der Waals surface area contributed by atoms with Gasteiger partial charge in [-0.1, -0.05) is 30.3 Å². The van der Waals surface area contributed by atoms with Crippen molar-refractivity contribution in [3.05, 3.63) is 36.4 Å². The van der Waals surface area contributed by atoms with Gasteiger partial charge in [0.05, 0.1) is 5.69 Å². The smallest absolute Gasteiger partial charge is 0.322 e. The summed E-state index contributed by atoms with van der Waals surface area (Å²) in [4.78, 5) is 19.7. The molecule has 2 aromatic rings. The van der Waals surface area contributed by atoms with Crippen molar-refractivity contribution in [2.45, 2.75) is 19.3 Å². The molecule has 0 saturated carbocycles. The number of nitrogens with one attached hydrogen (secondary N) is 3. The van der Waals surface area contributed by atoms with Crippen LogP contribution < -0.4 is 16.0 Å². The molecule has 0 aliphatic carbocycles. The first-order valence-electron chi connectivity index (χ1n) is 9.05. The van der Waals surface area contributed by atoms with E-state index in [1.54, 1.807) is 0 Å². The van der Waals surface area contributed by atoms with Crippen LogP contribution in [0.3, 0.4) is 0 Å². The van der Waals surface area contributed by atoms with Crippen LogP contribution >= 0.6 is 0 Å². The van der Waals surface area contributed by atoms with Crippen LogP contribution in [-0.2, 0) is 4.79 Å². The highest BCUT2D eigenvalue weighted by molar-refractivity contribution is 5.72. The molecule has 3 rings (SSSR count). The van der Waals surface area contributed by atoms with Gasteiger partial charge in [0.1, 0.15) is 12.4 Å². The van der Waals surface area contributed by atoms with E-state index in [0.29, 0.717) is 11.8 Å². The lowest BCUT2D eigenvalue weighted by Crippen LogP contribution is -2.28. The molecule has 0 atom stereocenters. The third-order valence-electron chi connectivity index (χ3n) is 4.51. The van der Waals surface area contributed by atoms with Crippen LogP contribution in [0.2, 0.25) is 0 Å². The first-order chi connectivity index (χ1) is 12.7. The van der Waals surface area contributed by atoms with Crippen LogP contribution in [0.4, 0.5) is 11.8 Å². The number of carbonyl (C=O) groups is 1. The SMILES string of the molecule is O=C(O)CNc1nc(NCCC2CCNCC2)cc(-c2ccccc2)n1. The summed E-state index contributed by atoms with van der Waals surface area (Å²) in [6.07, 6.45) is 3.53. The van der Waals surface area contributed by atoms with Gasteiger partial charge in [0.15, 0.2) is 0 Å². The maximum Gasteiger partial charge on any atom is 0.322 e. The zero-order chi connectivity index (χ0) is 18.2. The fourth-order valence-corrected chi connectivity index (χ4v) is 3.10. The average Bonchev–Trinajstić information content (AvgIpc) is 2.68. The average molecular weight is 355 g/mol. The number of hydrogen-bond acceptors (Lipinski definition) is 6. The Labute approximate surface area is 153 Å². The van der Waals surface area contributed by atoms with Gasteiger partial charge in [-0.15, -0.1) is 0 Å². The second-order valence-corrected chi connectivity index (χ2v) is 6.48. The number of carboxylic acid groups (broad SMARTS) is 1. The van der Waals surface area contributed by atoms with Gasteiger partial charge in [0.2, 0.25) is 5.95 Å². The van der Waals surface area contributed by atoms with Crippen LogP contribution in [-0.4, -0.2) is 47.2 Å². The number of carboxylic acids is 1. The predicted octanol–water partition coefficient (Wildman–Crippen LogP) is 2.44. The maximum absolute atomic E-state index is 10.8. The fraction of sp³-hybridized carbons (Fsp3) is 0.421. The standard InChI is InChI=1S/C19H25N5O2/c25-18(26)13-22-19-23-16(15-4-2-1-3-5-15)12-17(24-19)21-11-8-14-6-9-20-10-7-14/h1-5,12,14,20H,6-11,13H2,(H,25,26)(H2,21,22,23,24). The molecule has 1 aromatic heterocycles. The van der Waals surface area contributed by atoms with Gasteiger partial charge in [-0.3, -0.25) is 4.79 Å². The van der Waals surface area contributed by atoms with E-state index in [0.717, 1.165) is 43.2 Å². The molecule has 0 unspecified atom stereocenters. The van der Waals surface area contributed by atoms with Gasteiger partial charge >= 0.3 is 5.97 Å². The third-order valence-corrected chi connectivity index (χ3v) is 4.51. The molecule has 0 radical (unpaired) electrons. The molecule has 7 nitrogen and oxygen atoms in total. The van der Waals surface area contributed by atoms with Gasteiger partial charge in [-0.2, -0.15) is 4.98 Å². The van der Waals surface area contributed by atoms with Gasteiger partial charge in [0.25, 0.3) is 0 Å². The number of nitrogens with zero attached hydrogens (tertiary/aromatic N) is 2. The second-order valence-electron chi connectivity index (χ2n) is 6.48. The van der Waals surface area contributed by atoms with Gasteiger partial charge in [-0.25, -0.2) is 4.98 Å². The molecule has 1 saturated heterocycles. The van der Waals surface area contributed by atoms with E-state index in [4.69, 9.17) is 5.11 Å². The maximum atomic E-state index is 10.8. The summed E-state index contributed by atoms with van der Waals surface area (Å²) >= 11 is 0. The van der Waals surface area contributed by atoms with Gasteiger partial charge in [-0.05, 0) is 38.3 Å². The summed E-state index contributed by atoms with van der Waals surface area (Å²) < 4.78 is 0. The minimum Gasteiger partial charge on any atom is -0.480 e. The van der Waals surface area contributed by atoms with Crippen molar-refractivity contribution in [1.82, 2.24) is 15.3 Å². The molecular weight excluding hydrogens is 330 g/mol. The molecule has 0 spiro atoms. The predicted molar refractivity (Wildman–Crippen MR) is 102 cm³/mol. The number of piperidine rings is 1. The highest BCUT2D eigenvalue weighted by atomic mass is 16.4. The van der Waals surface area contributed by atoms with E-state index in [1.807, 2.05) is 36.4 Å². The summed E-state index contributed by atoms with van der Waals surface area (Å²) in [7, 11) is 0. The summed E-state index contributed by atoms with van der Waals surface area (Å²) in [5.41, 5.74) is 1.73. The lowest BCUT2D eigenvalue weighted by molar-refractivity contribution is -0.134. The molecule has 1 aliphatic rings. The Balaban J connectivity index is 1.70. The van der Waals surface area contributed by atoms with Crippen molar-refractivity contribution >= 4 is 17.7 Å². The minimum atomic E-state index is -0.945. The molecule has 1 fully saturated rings. The molecule has 26 heavy (non-hydrogen) atoms. The minimum absolute atomic E-state index is 0.216. The van der Waals surface area contributed by atoms with Crippen molar-refractivity contribution in [3.63, 3.8) is 0 Å². The fourth-order valence-electron chi connectivity index (χ4n) is 3.10. The monoisotopic (exact) mass is 355 g/mol. The number of aliphatic carboxylic acids is 1. The molecular formula is C19H25N5O2. The highest BCUT2D eigenvalue weighted by Crippen LogP contribution is 2.22. The Morgan fingerprint density at radius 3 is 2.65 bits per heavy atom. The Kier molecular flexibility index (Phi) is 6.38. The normalized spacial score (nSPS) is 14.8. The first kappa shape index (κ1) is 18.1. The van der Waals surface area contributed by atoms with Crippen molar-refractivity contribution in [3.8, 4) is 11.3 Å². The van der Waals surface area contributed by atoms with Crippen LogP contribution in [0, 0.1) is 5.92 Å². The molecule has 0 amide bonds. The number of anilines is 2. The van der Waals surface area contributed by atoms with E-state index < -0.39 is 5.97 Å². The van der Waals surface area contributed by atoms with Crippen molar-refractivity contribution < 1.29 is 9.90 Å². The number of benzene rings is 1. The number of rotatable bonds is 8.